The molecule has 0 amide bonds. The van der Waals surface area contributed by atoms with Gasteiger partial charge in [0, 0.05) is 22.4 Å². The van der Waals surface area contributed by atoms with Crippen LogP contribution in [0.5, 0.6) is 5.75 Å². The lowest BCUT2D eigenvalue weighted by Crippen LogP contribution is -1.94. The van der Waals surface area contributed by atoms with Crippen LogP contribution in [0.4, 0.5) is 0 Å². The Labute approximate surface area is 108 Å². The SMILES string of the molecule is COc1ccc(Br)c2cc(C3CCOC3)oc12. The Balaban J connectivity index is 2.13. The summed E-state index contributed by atoms with van der Waals surface area (Å²) in [5.41, 5.74) is 0.809. The van der Waals surface area contributed by atoms with E-state index in [1.54, 1.807) is 7.11 Å². The minimum atomic E-state index is 0.374. The average Bonchev–Trinajstić information content (AvgIpc) is 2.98. The number of hydrogen-bond acceptors (Lipinski definition) is 3. The van der Waals surface area contributed by atoms with Crippen molar-refractivity contribution in [1.82, 2.24) is 0 Å². The van der Waals surface area contributed by atoms with Crippen molar-refractivity contribution >= 4 is 26.9 Å². The topological polar surface area (TPSA) is 31.6 Å². The van der Waals surface area contributed by atoms with Gasteiger partial charge in [0.25, 0.3) is 0 Å². The molecule has 0 radical (unpaired) electrons. The Morgan fingerprint density at radius 1 is 1.41 bits per heavy atom. The lowest BCUT2D eigenvalue weighted by molar-refractivity contribution is 0.191. The van der Waals surface area contributed by atoms with Crippen molar-refractivity contribution < 1.29 is 13.9 Å². The van der Waals surface area contributed by atoms with E-state index < -0.39 is 0 Å². The van der Waals surface area contributed by atoms with Crippen LogP contribution in [-0.4, -0.2) is 20.3 Å². The molecule has 1 aliphatic heterocycles. The normalized spacial score (nSPS) is 20.0. The zero-order valence-corrected chi connectivity index (χ0v) is 11.1. The van der Waals surface area contributed by atoms with Gasteiger partial charge in [-0.05, 0) is 24.6 Å². The van der Waals surface area contributed by atoms with Gasteiger partial charge in [0.05, 0.1) is 13.7 Å². The molecule has 3 rings (SSSR count). The molecular formula is C13H13BrO3. The van der Waals surface area contributed by atoms with Crippen LogP contribution in [0.15, 0.2) is 27.1 Å². The first-order chi connectivity index (χ1) is 8.29. The van der Waals surface area contributed by atoms with Crippen LogP contribution in [0.25, 0.3) is 11.0 Å². The fourth-order valence-electron chi connectivity index (χ4n) is 2.21. The first-order valence-electron chi connectivity index (χ1n) is 5.63. The van der Waals surface area contributed by atoms with E-state index in [0.29, 0.717) is 5.92 Å². The van der Waals surface area contributed by atoms with Crippen LogP contribution < -0.4 is 4.74 Å². The van der Waals surface area contributed by atoms with E-state index in [0.717, 1.165) is 46.6 Å². The van der Waals surface area contributed by atoms with Gasteiger partial charge in [0.2, 0.25) is 0 Å². The molecule has 0 bridgehead atoms. The summed E-state index contributed by atoms with van der Waals surface area (Å²) in [4.78, 5) is 0. The molecule has 1 aliphatic rings. The van der Waals surface area contributed by atoms with E-state index in [-0.39, 0.29) is 0 Å². The second-order valence-corrected chi connectivity index (χ2v) is 5.06. The zero-order valence-electron chi connectivity index (χ0n) is 9.53. The molecular weight excluding hydrogens is 284 g/mol. The molecule has 3 nitrogen and oxygen atoms in total. The number of fused-ring (bicyclic) bond motifs is 1. The Kier molecular flexibility index (Phi) is 2.84. The summed E-state index contributed by atoms with van der Waals surface area (Å²) in [5.74, 6) is 2.13. The lowest BCUT2D eigenvalue weighted by Gasteiger charge is -2.02. The highest BCUT2D eigenvalue weighted by Crippen LogP contribution is 2.37. The van der Waals surface area contributed by atoms with Gasteiger partial charge >= 0.3 is 0 Å². The minimum absolute atomic E-state index is 0.374. The van der Waals surface area contributed by atoms with E-state index in [1.165, 1.54) is 0 Å². The van der Waals surface area contributed by atoms with Crippen LogP contribution in [0.3, 0.4) is 0 Å². The Hall–Kier alpha value is -1.00. The first-order valence-corrected chi connectivity index (χ1v) is 6.42. The van der Waals surface area contributed by atoms with Gasteiger partial charge in [-0.2, -0.15) is 0 Å². The number of halogens is 1. The second kappa shape index (κ2) is 4.35. The van der Waals surface area contributed by atoms with Gasteiger partial charge < -0.3 is 13.9 Å². The third kappa shape index (κ3) is 1.85. The van der Waals surface area contributed by atoms with Crippen molar-refractivity contribution in [3.63, 3.8) is 0 Å². The molecule has 1 atom stereocenters. The number of ether oxygens (including phenoxy) is 2. The standard InChI is InChI=1S/C13H13BrO3/c1-15-11-3-2-10(14)9-6-12(17-13(9)11)8-4-5-16-7-8/h2-3,6,8H,4-5,7H2,1H3. The van der Waals surface area contributed by atoms with Crippen molar-refractivity contribution in [2.45, 2.75) is 12.3 Å². The van der Waals surface area contributed by atoms with Gasteiger partial charge in [-0.3, -0.25) is 0 Å². The molecule has 0 aliphatic carbocycles. The number of methoxy groups -OCH3 is 1. The van der Waals surface area contributed by atoms with E-state index in [4.69, 9.17) is 13.9 Å². The predicted octanol–water partition coefficient (Wildman–Crippen LogP) is 3.71. The number of furan rings is 1. The number of rotatable bonds is 2. The second-order valence-electron chi connectivity index (χ2n) is 4.20. The van der Waals surface area contributed by atoms with E-state index in [1.807, 2.05) is 12.1 Å². The van der Waals surface area contributed by atoms with Crippen LogP contribution in [-0.2, 0) is 4.74 Å². The molecule has 0 spiro atoms. The molecule has 0 saturated carbocycles. The monoisotopic (exact) mass is 296 g/mol. The molecule has 2 heterocycles. The van der Waals surface area contributed by atoms with Gasteiger partial charge in [0.15, 0.2) is 11.3 Å². The predicted molar refractivity (Wildman–Crippen MR) is 68.6 cm³/mol. The molecule has 4 heteroatoms. The zero-order chi connectivity index (χ0) is 11.8. The smallest absolute Gasteiger partial charge is 0.177 e. The third-order valence-corrected chi connectivity index (χ3v) is 3.86. The van der Waals surface area contributed by atoms with Crippen molar-refractivity contribution in [3.05, 3.63) is 28.4 Å². The maximum atomic E-state index is 5.92. The van der Waals surface area contributed by atoms with E-state index in [9.17, 15) is 0 Å². The highest BCUT2D eigenvalue weighted by atomic mass is 79.9. The van der Waals surface area contributed by atoms with Crippen LogP contribution in [0.2, 0.25) is 0 Å². The lowest BCUT2D eigenvalue weighted by atomic mass is 10.1. The largest absolute Gasteiger partial charge is 0.493 e. The maximum absolute atomic E-state index is 5.92. The van der Waals surface area contributed by atoms with Crippen molar-refractivity contribution in [3.8, 4) is 5.75 Å². The highest BCUT2D eigenvalue weighted by molar-refractivity contribution is 9.10. The average molecular weight is 297 g/mol. The van der Waals surface area contributed by atoms with Gasteiger partial charge in [-0.15, -0.1) is 0 Å². The molecule has 17 heavy (non-hydrogen) atoms. The highest BCUT2D eigenvalue weighted by Gasteiger charge is 2.23. The van der Waals surface area contributed by atoms with Gasteiger partial charge in [-0.25, -0.2) is 0 Å². The Morgan fingerprint density at radius 2 is 2.29 bits per heavy atom. The van der Waals surface area contributed by atoms with Gasteiger partial charge in [0.1, 0.15) is 5.76 Å². The number of hydrogen-bond donors (Lipinski definition) is 0. The first kappa shape index (κ1) is 11.1. The summed E-state index contributed by atoms with van der Waals surface area (Å²) in [6.45, 7) is 1.57. The summed E-state index contributed by atoms with van der Waals surface area (Å²) >= 11 is 3.54. The molecule has 0 N–H and O–H groups in total. The van der Waals surface area contributed by atoms with Gasteiger partial charge in [-0.1, -0.05) is 15.9 Å². The quantitative estimate of drug-likeness (QED) is 0.847. The van der Waals surface area contributed by atoms with Crippen LogP contribution in [0.1, 0.15) is 18.1 Å². The van der Waals surface area contributed by atoms with Crippen molar-refractivity contribution in [2.75, 3.05) is 20.3 Å². The maximum Gasteiger partial charge on any atom is 0.177 e. The summed E-state index contributed by atoms with van der Waals surface area (Å²) in [7, 11) is 1.66. The van der Waals surface area contributed by atoms with E-state index in [2.05, 4.69) is 22.0 Å². The summed E-state index contributed by atoms with van der Waals surface area (Å²) in [5, 5.41) is 1.06. The third-order valence-electron chi connectivity index (χ3n) is 3.17. The van der Waals surface area contributed by atoms with Crippen LogP contribution >= 0.6 is 15.9 Å². The Bertz CT molecular complexity index is 541. The minimum Gasteiger partial charge on any atom is -0.493 e. The number of benzene rings is 1. The molecule has 2 aromatic rings. The fourth-order valence-corrected chi connectivity index (χ4v) is 2.63. The summed E-state index contributed by atoms with van der Waals surface area (Å²) in [6.07, 6.45) is 1.03. The fraction of sp³-hybridized carbons (Fsp3) is 0.385. The molecule has 90 valence electrons. The molecule has 1 aromatic heterocycles. The molecule has 1 aromatic carbocycles. The Morgan fingerprint density at radius 3 is 3.00 bits per heavy atom. The molecule has 1 saturated heterocycles. The van der Waals surface area contributed by atoms with E-state index >= 15 is 0 Å². The molecule has 1 unspecified atom stereocenters. The molecule has 1 fully saturated rings. The van der Waals surface area contributed by atoms with Crippen molar-refractivity contribution in [2.24, 2.45) is 0 Å². The van der Waals surface area contributed by atoms with Crippen LogP contribution in [0, 0.1) is 0 Å². The summed E-state index contributed by atoms with van der Waals surface area (Å²) < 4.78 is 17.7. The summed E-state index contributed by atoms with van der Waals surface area (Å²) in [6, 6.07) is 5.97. The van der Waals surface area contributed by atoms with Crippen molar-refractivity contribution in [1.29, 1.82) is 0 Å².